The molecule has 84 valence electrons. The monoisotopic (exact) mass is 229 g/mol. The Bertz CT molecular complexity index is 448. The van der Waals surface area contributed by atoms with E-state index in [4.69, 9.17) is 0 Å². The molecule has 0 bridgehead atoms. The van der Waals surface area contributed by atoms with Gasteiger partial charge in [-0.05, 0) is 0 Å². The first kappa shape index (κ1) is 10.4. The fourth-order valence-electron chi connectivity index (χ4n) is 0.987. The topological polar surface area (TPSA) is 66.5 Å². The molecule has 2 aromatic rings. The van der Waals surface area contributed by atoms with Gasteiger partial charge in [0.2, 0.25) is 5.95 Å². The number of H-pyrrole nitrogens is 1. The van der Waals surface area contributed by atoms with Gasteiger partial charge in [-0.25, -0.2) is 9.97 Å². The van der Waals surface area contributed by atoms with Crippen molar-refractivity contribution in [3.8, 4) is 0 Å². The van der Waals surface area contributed by atoms with Crippen molar-refractivity contribution in [1.29, 1.82) is 0 Å². The number of hydrogen-bond donors (Lipinski definition) is 2. The molecule has 0 aliphatic rings. The van der Waals surface area contributed by atoms with Crippen molar-refractivity contribution >= 4 is 11.6 Å². The van der Waals surface area contributed by atoms with Gasteiger partial charge in [-0.15, -0.1) is 0 Å². The number of halogens is 3. The van der Waals surface area contributed by atoms with E-state index in [-0.39, 0.29) is 5.95 Å². The summed E-state index contributed by atoms with van der Waals surface area (Å²) in [6.45, 7) is 0. The number of anilines is 2. The molecule has 5 nitrogen and oxygen atoms in total. The summed E-state index contributed by atoms with van der Waals surface area (Å²) in [4.78, 5) is 7.07. The van der Waals surface area contributed by atoms with Gasteiger partial charge in [0.15, 0.2) is 0 Å². The molecule has 0 aliphatic heterocycles. The van der Waals surface area contributed by atoms with Gasteiger partial charge in [-0.1, -0.05) is 0 Å². The Kier molecular flexibility index (Phi) is 2.47. The summed E-state index contributed by atoms with van der Waals surface area (Å²) in [5.74, 6) is 0.0781. The van der Waals surface area contributed by atoms with Crippen LogP contribution in [-0.2, 0) is 6.18 Å². The van der Waals surface area contributed by atoms with Gasteiger partial charge < -0.3 is 5.32 Å². The van der Waals surface area contributed by atoms with Crippen LogP contribution in [0.1, 0.15) is 5.56 Å². The summed E-state index contributed by atoms with van der Waals surface area (Å²) in [7, 11) is 0. The molecule has 0 atom stereocenters. The first-order valence-electron chi connectivity index (χ1n) is 4.21. The largest absolute Gasteiger partial charge is 0.419 e. The first-order valence-corrected chi connectivity index (χ1v) is 4.21. The molecule has 2 N–H and O–H groups in total. The van der Waals surface area contributed by atoms with Gasteiger partial charge in [0, 0.05) is 18.6 Å². The lowest BCUT2D eigenvalue weighted by molar-refractivity contribution is -0.138. The number of alkyl halides is 3. The normalized spacial score (nSPS) is 11.4. The van der Waals surface area contributed by atoms with E-state index in [2.05, 4.69) is 25.5 Å². The molecule has 0 amide bonds. The highest BCUT2D eigenvalue weighted by atomic mass is 19.4. The summed E-state index contributed by atoms with van der Waals surface area (Å²) in [5, 5.41) is 8.87. The number of rotatable bonds is 2. The van der Waals surface area contributed by atoms with Crippen molar-refractivity contribution in [2.45, 2.75) is 6.18 Å². The molecule has 0 saturated heterocycles. The predicted octanol–water partition coefficient (Wildman–Crippen LogP) is 1.96. The summed E-state index contributed by atoms with van der Waals surface area (Å²) in [6.07, 6.45) is 0.00105. The van der Waals surface area contributed by atoms with E-state index in [0.717, 1.165) is 12.4 Å². The van der Waals surface area contributed by atoms with Crippen LogP contribution in [-0.4, -0.2) is 20.2 Å². The highest BCUT2D eigenvalue weighted by molar-refractivity contribution is 5.49. The molecule has 2 aromatic heterocycles. The third kappa shape index (κ3) is 2.27. The molecular weight excluding hydrogens is 223 g/mol. The molecule has 0 aromatic carbocycles. The van der Waals surface area contributed by atoms with E-state index < -0.39 is 11.7 Å². The van der Waals surface area contributed by atoms with Gasteiger partial charge in [-0.3, -0.25) is 5.10 Å². The van der Waals surface area contributed by atoms with E-state index >= 15 is 0 Å². The molecule has 2 heterocycles. The predicted molar refractivity (Wildman–Crippen MR) is 48.9 cm³/mol. The van der Waals surface area contributed by atoms with Gasteiger partial charge in [-0.2, -0.15) is 18.3 Å². The fraction of sp³-hybridized carbons (Fsp3) is 0.125. The van der Waals surface area contributed by atoms with Crippen LogP contribution in [0, 0.1) is 0 Å². The molecule has 0 fully saturated rings. The minimum absolute atomic E-state index is 0.0781. The SMILES string of the molecule is FC(F)(F)c1cnc(Nc2cn[nH]c2)nc1. The second-order valence-electron chi connectivity index (χ2n) is 2.91. The third-order valence-corrected chi connectivity index (χ3v) is 1.73. The van der Waals surface area contributed by atoms with Crippen molar-refractivity contribution in [1.82, 2.24) is 20.2 Å². The number of hydrogen-bond acceptors (Lipinski definition) is 4. The fourth-order valence-corrected chi connectivity index (χ4v) is 0.987. The molecule has 2 rings (SSSR count). The van der Waals surface area contributed by atoms with Gasteiger partial charge >= 0.3 is 6.18 Å². The Morgan fingerprint density at radius 2 is 1.81 bits per heavy atom. The summed E-state index contributed by atoms with van der Waals surface area (Å²) in [5.41, 5.74) is -0.315. The van der Waals surface area contributed by atoms with Gasteiger partial charge in [0.05, 0.1) is 17.4 Å². The van der Waals surface area contributed by atoms with Crippen LogP contribution < -0.4 is 5.32 Å². The van der Waals surface area contributed by atoms with E-state index in [0.29, 0.717) is 5.69 Å². The second kappa shape index (κ2) is 3.80. The Hall–Kier alpha value is -2.12. The number of aromatic nitrogens is 4. The summed E-state index contributed by atoms with van der Waals surface area (Å²) in [6, 6.07) is 0. The van der Waals surface area contributed by atoms with E-state index in [9.17, 15) is 13.2 Å². The minimum atomic E-state index is -4.42. The molecule has 0 spiro atoms. The Morgan fingerprint density at radius 1 is 1.12 bits per heavy atom. The van der Waals surface area contributed by atoms with Crippen molar-refractivity contribution in [3.63, 3.8) is 0 Å². The van der Waals surface area contributed by atoms with Crippen molar-refractivity contribution in [2.75, 3.05) is 5.32 Å². The molecular formula is C8H6F3N5. The van der Waals surface area contributed by atoms with Crippen LogP contribution in [0.15, 0.2) is 24.8 Å². The Labute approximate surface area is 87.7 Å². The maximum Gasteiger partial charge on any atom is 0.419 e. The molecule has 16 heavy (non-hydrogen) atoms. The van der Waals surface area contributed by atoms with Crippen LogP contribution in [0.3, 0.4) is 0 Å². The quantitative estimate of drug-likeness (QED) is 0.826. The molecule has 0 saturated carbocycles. The first-order chi connectivity index (χ1) is 7.55. The number of aromatic amines is 1. The molecule has 0 radical (unpaired) electrons. The lowest BCUT2D eigenvalue weighted by atomic mass is 10.3. The Morgan fingerprint density at radius 3 is 2.31 bits per heavy atom. The molecule has 0 unspecified atom stereocenters. The van der Waals surface area contributed by atoms with E-state index in [1.54, 1.807) is 0 Å². The van der Waals surface area contributed by atoms with Crippen LogP contribution >= 0.6 is 0 Å². The maximum absolute atomic E-state index is 12.2. The average Bonchev–Trinajstić information content (AvgIpc) is 2.70. The van der Waals surface area contributed by atoms with Crippen LogP contribution in [0.5, 0.6) is 0 Å². The third-order valence-electron chi connectivity index (χ3n) is 1.73. The second-order valence-corrected chi connectivity index (χ2v) is 2.91. The number of nitrogens with zero attached hydrogens (tertiary/aromatic N) is 3. The zero-order valence-electron chi connectivity index (χ0n) is 7.78. The van der Waals surface area contributed by atoms with Crippen LogP contribution in [0.2, 0.25) is 0 Å². The number of nitrogens with one attached hydrogen (secondary N) is 2. The van der Waals surface area contributed by atoms with Gasteiger partial charge in [0.25, 0.3) is 0 Å². The maximum atomic E-state index is 12.2. The summed E-state index contributed by atoms with van der Waals surface area (Å²) >= 11 is 0. The van der Waals surface area contributed by atoms with Crippen LogP contribution in [0.25, 0.3) is 0 Å². The van der Waals surface area contributed by atoms with Crippen LogP contribution in [0.4, 0.5) is 24.8 Å². The molecule has 8 heteroatoms. The van der Waals surface area contributed by atoms with Crippen molar-refractivity contribution in [3.05, 3.63) is 30.4 Å². The zero-order valence-corrected chi connectivity index (χ0v) is 7.78. The van der Waals surface area contributed by atoms with Gasteiger partial charge in [0.1, 0.15) is 0 Å². The lowest BCUT2D eigenvalue weighted by Gasteiger charge is -2.06. The summed E-state index contributed by atoms with van der Waals surface area (Å²) < 4.78 is 36.5. The molecule has 0 aliphatic carbocycles. The van der Waals surface area contributed by atoms with Crippen molar-refractivity contribution < 1.29 is 13.2 Å². The zero-order chi connectivity index (χ0) is 11.6. The highest BCUT2D eigenvalue weighted by Crippen LogP contribution is 2.28. The van der Waals surface area contributed by atoms with E-state index in [1.165, 1.54) is 12.4 Å². The standard InChI is InChI=1S/C8H6F3N5/c9-8(10,11)5-1-12-7(13-2-5)16-6-3-14-15-4-6/h1-4H,(H,14,15)(H,12,13,16). The van der Waals surface area contributed by atoms with E-state index in [1.807, 2.05) is 0 Å². The Balaban J connectivity index is 2.14. The highest BCUT2D eigenvalue weighted by Gasteiger charge is 2.31. The van der Waals surface area contributed by atoms with Crippen molar-refractivity contribution in [2.24, 2.45) is 0 Å². The smallest absolute Gasteiger partial charge is 0.321 e. The lowest BCUT2D eigenvalue weighted by Crippen LogP contribution is -2.07. The minimum Gasteiger partial charge on any atom is -0.321 e. The average molecular weight is 229 g/mol.